The van der Waals surface area contributed by atoms with E-state index in [2.05, 4.69) is 18.8 Å². The highest BCUT2D eigenvalue weighted by Crippen LogP contribution is 2.52. The standard InChI is InChI=1S/C15H21NO3S/c1-15(2)13-11(4-3-7-18-13)14(15)19-12(17)6-5-10-8-20-9-16-10/h8-9,11,13-14H,3-7H2,1-2H3/t11-,13+,14+/m0/s1. The number of carbonyl (C=O) groups excluding carboxylic acids is 1. The summed E-state index contributed by atoms with van der Waals surface area (Å²) in [4.78, 5) is 16.2. The minimum Gasteiger partial charge on any atom is -0.461 e. The van der Waals surface area contributed by atoms with Gasteiger partial charge < -0.3 is 9.47 Å². The Bertz CT molecular complexity index is 471. The summed E-state index contributed by atoms with van der Waals surface area (Å²) in [5, 5.41) is 1.98. The molecule has 20 heavy (non-hydrogen) atoms. The quantitative estimate of drug-likeness (QED) is 0.801. The average Bonchev–Trinajstić information content (AvgIpc) is 2.96. The van der Waals surface area contributed by atoms with Crippen LogP contribution in [-0.2, 0) is 20.7 Å². The molecule has 1 saturated carbocycles. The summed E-state index contributed by atoms with van der Waals surface area (Å²) >= 11 is 1.56. The first-order chi connectivity index (χ1) is 9.59. The van der Waals surface area contributed by atoms with Gasteiger partial charge in [0.25, 0.3) is 0 Å². The monoisotopic (exact) mass is 295 g/mol. The van der Waals surface area contributed by atoms with Crippen molar-refractivity contribution < 1.29 is 14.3 Å². The van der Waals surface area contributed by atoms with Gasteiger partial charge in [0, 0.05) is 29.7 Å². The molecule has 2 aliphatic rings. The Morgan fingerprint density at radius 3 is 3.20 bits per heavy atom. The van der Waals surface area contributed by atoms with Crippen LogP contribution in [-0.4, -0.2) is 29.8 Å². The summed E-state index contributed by atoms with van der Waals surface area (Å²) in [6.07, 6.45) is 3.53. The van der Waals surface area contributed by atoms with Crippen molar-refractivity contribution in [3.8, 4) is 0 Å². The minimum absolute atomic E-state index is 0.00994. The third-order valence-corrected chi connectivity index (χ3v) is 5.19. The van der Waals surface area contributed by atoms with Crippen LogP contribution in [0.1, 0.15) is 38.8 Å². The molecule has 0 spiro atoms. The van der Waals surface area contributed by atoms with E-state index >= 15 is 0 Å². The maximum Gasteiger partial charge on any atom is 0.306 e. The lowest BCUT2D eigenvalue weighted by atomic mass is 9.57. The molecule has 0 amide bonds. The lowest BCUT2D eigenvalue weighted by molar-refractivity contribution is -0.254. The molecule has 0 unspecified atom stereocenters. The minimum atomic E-state index is -0.111. The van der Waals surface area contributed by atoms with Crippen molar-refractivity contribution in [1.29, 1.82) is 0 Å². The van der Waals surface area contributed by atoms with Gasteiger partial charge in [0.15, 0.2) is 0 Å². The normalized spacial score (nSPS) is 31.2. The molecule has 1 aromatic rings. The molecule has 0 bridgehead atoms. The van der Waals surface area contributed by atoms with E-state index < -0.39 is 0 Å². The lowest BCUT2D eigenvalue weighted by Crippen LogP contribution is -2.65. The average molecular weight is 295 g/mol. The van der Waals surface area contributed by atoms with Crippen LogP contribution in [0.25, 0.3) is 0 Å². The molecule has 1 aliphatic heterocycles. The fourth-order valence-electron chi connectivity index (χ4n) is 3.51. The molecule has 4 nitrogen and oxygen atoms in total. The van der Waals surface area contributed by atoms with E-state index in [0.717, 1.165) is 25.1 Å². The first-order valence-corrected chi connectivity index (χ1v) is 8.21. The number of nitrogens with zero attached hydrogens (tertiary/aromatic N) is 1. The smallest absolute Gasteiger partial charge is 0.306 e. The molecule has 1 saturated heterocycles. The van der Waals surface area contributed by atoms with Gasteiger partial charge in [-0.2, -0.15) is 0 Å². The van der Waals surface area contributed by atoms with E-state index in [4.69, 9.17) is 9.47 Å². The summed E-state index contributed by atoms with van der Waals surface area (Å²) in [7, 11) is 0. The van der Waals surface area contributed by atoms with E-state index in [1.165, 1.54) is 0 Å². The number of hydrogen-bond acceptors (Lipinski definition) is 5. The summed E-state index contributed by atoms with van der Waals surface area (Å²) < 4.78 is 11.5. The molecule has 3 atom stereocenters. The van der Waals surface area contributed by atoms with Gasteiger partial charge in [-0.1, -0.05) is 13.8 Å². The Hall–Kier alpha value is -0.940. The number of fused-ring (bicyclic) bond motifs is 1. The third-order valence-electron chi connectivity index (χ3n) is 4.55. The number of hydrogen-bond donors (Lipinski definition) is 0. The van der Waals surface area contributed by atoms with Crippen LogP contribution < -0.4 is 0 Å². The van der Waals surface area contributed by atoms with E-state index in [9.17, 15) is 4.79 Å². The van der Waals surface area contributed by atoms with Crippen molar-refractivity contribution in [2.45, 2.75) is 51.7 Å². The van der Waals surface area contributed by atoms with Gasteiger partial charge in [0.05, 0.1) is 23.7 Å². The summed E-state index contributed by atoms with van der Waals surface area (Å²) in [6.45, 7) is 5.12. The largest absolute Gasteiger partial charge is 0.461 e. The molecule has 1 aromatic heterocycles. The molecule has 1 aliphatic carbocycles. The third kappa shape index (κ3) is 2.49. The Morgan fingerprint density at radius 1 is 1.60 bits per heavy atom. The Balaban J connectivity index is 1.53. The number of aromatic nitrogens is 1. The van der Waals surface area contributed by atoms with E-state index in [1.54, 1.807) is 16.8 Å². The molecule has 110 valence electrons. The van der Waals surface area contributed by atoms with Crippen molar-refractivity contribution >= 4 is 17.3 Å². The van der Waals surface area contributed by atoms with Gasteiger partial charge in [0.2, 0.25) is 0 Å². The van der Waals surface area contributed by atoms with E-state index in [0.29, 0.717) is 18.8 Å². The first-order valence-electron chi connectivity index (χ1n) is 7.27. The molecule has 3 rings (SSSR count). The zero-order valence-electron chi connectivity index (χ0n) is 12.0. The summed E-state index contributed by atoms with van der Waals surface area (Å²) in [5.41, 5.74) is 2.71. The highest BCUT2D eigenvalue weighted by Gasteiger charge is 2.60. The zero-order valence-corrected chi connectivity index (χ0v) is 12.8. The zero-order chi connectivity index (χ0) is 14.2. The summed E-state index contributed by atoms with van der Waals surface area (Å²) in [5.74, 6) is 0.280. The Kier molecular flexibility index (Phi) is 3.82. The fraction of sp³-hybridized carbons (Fsp3) is 0.733. The SMILES string of the molecule is CC1(C)[C@@H]2OCCC[C@@H]2[C@H]1OC(=O)CCc1cscn1. The van der Waals surface area contributed by atoms with Crippen LogP contribution in [0.3, 0.4) is 0 Å². The van der Waals surface area contributed by atoms with Crippen LogP contribution in [0.2, 0.25) is 0 Å². The van der Waals surface area contributed by atoms with Crippen LogP contribution in [0.4, 0.5) is 0 Å². The predicted molar refractivity (Wildman–Crippen MR) is 76.6 cm³/mol. The topological polar surface area (TPSA) is 48.4 Å². The highest BCUT2D eigenvalue weighted by molar-refractivity contribution is 7.07. The summed E-state index contributed by atoms with van der Waals surface area (Å²) in [6, 6.07) is 0. The van der Waals surface area contributed by atoms with E-state index in [-0.39, 0.29) is 23.6 Å². The molecular formula is C15H21NO3S. The van der Waals surface area contributed by atoms with Crippen molar-refractivity contribution in [2.75, 3.05) is 6.61 Å². The Morgan fingerprint density at radius 2 is 2.45 bits per heavy atom. The number of thiazole rings is 1. The van der Waals surface area contributed by atoms with Gasteiger partial charge in [-0.15, -0.1) is 11.3 Å². The van der Waals surface area contributed by atoms with Gasteiger partial charge in [-0.25, -0.2) is 4.98 Å². The van der Waals surface area contributed by atoms with Crippen molar-refractivity contribution in [2.24, 2.45) is 11.3 Å². The van der Waals surface area contributed by atoms with Gasteiger partial charge in [-0.3, -0.25) is 4.79 Å². The number of carbonyl (C=O) groups is 1. The molecule has 2 heterocycles. The van der Waals surface area contributed by atoms with Crippen molar-refractivity contribution in [3.63, 3.8) is 0 Å². The lowest BCUT2D eigenvalue weighted by Gasteiger charge is -2.58. The van der Waals surface area contributed by atoms with Crippen molar-refractivity contribution in [1.82, 2.24) is 4.98 Å². The number of esters is 1. The molecule has 0 radical (unpaired) electrons. The second-order valence-electron chi connectivity index (χ2n) is 6.31. The maximum absolute atomic E-state index is 12.0. The van der Waals surface area contributed by atoms with Crippen LogP contribution in [0, 0.1) is 11.3 Å². The predicted octanol–water partition coefficient (Wildman–Crippen LogP) is 2.82. The highest BCUT2D eigenvalue weighted by atomic mass is 32.1. The van der Waals surface area contributed by atoms with Gasteiger partial charge in [0.1, 0.15) is 6.10 Å². The van der Waals surface area contributed by atoms with Gasteiger partial charge >= 0.3 is 5.97 Å². The van der Waals surface area contributed by atoms with E-state index in [1.807, 2.05) is 5.38 Å². The van der Waals surface area contributed by atoms with Crippen LogP contribution in [0.15, 0.2) is 10.9 Å². The maximum atomic E-state index is 12.0. The fourth-order valence-corrected chi connectivity index (χ4v) is 4.10. The second-order valence-corrected chi connectivity index (χ2v) is 7.03. The second kappa shape index (κ2) is 5.45. The number of rotatable bonds is 4. The number of ether oxygens (including phenoxy) is 2. The number of aryl methyl sites for hydroxylation is 1. The van der Waals surface area contributed by atoms with Gasteiger partial charge in [-0.05, 0) is 12.8 Å². The first kappa shape index (κ1) is 14.0. The molecule has 0 N–H and O–H groups in total. The molecule has 2 fully saturated rings. The Labute approximate surface area is 123 Å². The molecule has 5 heteroatoms. The van der Waals surface area contributed by atoms with Crippen LogP contribution >= 0.6 is 11.3 Å². The molecular weight excluding hydrogens is 274 g/mol. The van der Waals surface area contributed by atoms with Crippen molar-refractivity contribution in [3.05, 3.63) is 16.6 Å². The molecule has 0 aromatic carbocycles. The van der Waals surface area contributed by atoms with Crippen LogP contribution in [0.5, 0.6) is 0 Å².